The third-order valence-corrected chi connectivity index (χ3v) is 6.35. The van der Waals surface area contributed by atoms with Crippen molar-refractivity contribution in [3.63, 3.8) is 0 Å². The number of aromatic amines is 1. The van der Waals surface area contributed by atoms with Gasteiger partial charge in [-0.1, -0.05) is 50.6 Å². The Hall–Kier alpha value is -4.32. The number of amides is 2. The smallest absolute Gasteiger partial charge is 0.329 e. The standard InChI is InChI=1S/C29H37N5O7/c1-17(2)27-19(4)7-8-25(37)31-9-5-6-18(3)10-21(35)12-22(36)13-26-33-24(15-40-26)28(38)34-23(29(39)41-27)11-20-14-30-16-32-20/h5-8,10,14-17,19,21,23,27,35H,9,11-13H2,1-4H3,(H,30,32)(H,31,37)(H,34,38)/b6-5+,8-7+,18-10+/t19-,21-,23+,27-/m1/s1. The lowest BCUT2D eigenvalue weighted by atomic mass is 9.94. The molecule has 4 atom stereocenters. The summed E-state index contributed by atoms with van der Waals surface area (Å²) >= 11 is 0. The summed E-state index contributed by atoms with van der Waals surface area (Å²) in [5.74, 6) is -2.42. The molecule has 0 unspecified atom stereocenters. The lowest BCUT2D eigenvalue weighted by molar-refractivity contribution is -0.155. The number of oxazole rings is 1. The van der Waals surface area contributed by atoms with E-state index >= 15 is 0 Å². The molecule has 0 aromatic carbocycles. The number of carbonyl (C=O) groups excluding carboxylic acids is 4. The number of ketones is 1. The third kappa shape index (κ3) is 9.98. The van der Waals surface area contributed by atoms with Crippen molar-refractivity contribution in [1.29, 1.82) is 0 Å². The number of nitrogens with zero attached hydrogens (tertiary/aromatic N) is 2. The number of allylic oxidation sites excluding steroid dienone is 2. The molecule has 0 saturated heterocycles. The van der Waals surface area contributed by atoms with Crippen molar-refractivity contribution in [3.05, 3.63) is 72.0 Å². The highest BCUT2D eigenvalue weighted by molar-refractivity contribution is 5.95. The quantitative estimate of drug-likeness (QED) is 0.404. The van der Waals surface area contributed by atoms with E-state index in [1.165, 1.54) is 24.7 Å². The summed E-state index contributed by atoms with van der Waals surface area (Å²) in [6.45, 7) is 7.65. The Balaban J connectivity index is 1.88. The summed E-state index contributed by atoms with van der Waals surface area (Å²) in [6.07, 6.45) is 10.2. The zero-order valence-corrected chi connectivity index (χ0v) is 23.6. The van der Waals surface area contributed by atoms with Crippen molar-refractivity contribution in [2.45, 2.75) is 65.2 Å². The van der Waals surface area contributed by atoms with Gasteiger partial charge in [0.25, 0.3) is 5.91 Å². The van der Waals surface area contributed by atoms with E-state index in [-0.39, 0.29) is 60.9 Å². The minimum atomic E-state index is -1.09. The molecular weight excluding hydrogens is 530 g/mol. The molecule has 12 heteroatoms. The van der Waals surface area contributed by atoms with E-state index in [4.69, 9.17) is 9.15 Å². The minimum Gasteiger partial charge on any atom is -0.460 e. The summed E-state index contributed by atoms with van der Waals surface area (Å²) in [5.41, 5.74) is 1.19. The van der Waals surface area contributed by atoms with Crippen molar-refractivity contribution in [2.75, 3.05) is 6.54 Å². The summed E-state index contributed by atoms with van der Waals surface area (Å²) in [5, 5.41) is 15.7. The SMILES string of the molecule is CC1=C\[C@@H](O)CC(=O)Cc2nc(co2)C(=O)N[C@@H](Cc2cnc[nH]2)C(=O)O[C@H](C(C)C)[C@H](C)/C=C/C(=O)NC\C=C\1. The maximum Gasteiger partial charge on any atom is 0.329 e. The third-order valence-electron chi connectivity index (χ3n) is 6.35. The van der Waals surface area contributed by atoms with Crippen LogP contribution in [-0.2, 0) is 32.0 Å². The van der Waals surface area contributed by atoms with E-state index in [1.54, 1.807) is 25.2 Å². The number of ether oxygens (including phenoxy) is 1. The molecule has 4 N–H and O–H groups in total. The Labute approximate surface area is 238 Å². The molecule has 41 heavy (non-hydrogen) atoms. The number of fused-ring (bicyclic) bond motifs is 2. The number of imidazole rings is 1. The van der Waals surface area contributed by atoms with Gasteiger partial charge in [-0.3, -0.25) is 14.4 Å². The average molecular weight is 568 g/mol. The fraction of sp³-hybridized carbons (Fsp3) is 0.448. The van der Waals surface area contributed by atoms with Crippen LogP contribution in [0.1, 0.15) is 56.2 Å². The molecule has 0 spiro atoms. The second-order valence-electron chi connectivity index (χ2n) is 10.3. The van der Waals surface area contributed by atoms with Crippen LogP contribution >= 0.6 is 0 Å². The van der Waals surface area contributed by atoms with Gasteiger partial charge in [-0.05, 0) is 18.9 Å². The van der Waals surface area contributed by atoms with Crippen LogP contribution in [-0.4, -0.2) is 68.4 Å². The molecular formula is C29H37N5O7. The number of H-pyrrole nitrogens is 1. The average Bonchev–Trinajstić information content (AvgIpc) is 3.59. The molecule has 2 amide bonds. The zero-order chi connectivity index (χ0) is 29.9. The van der Waals surface area contributed by atoms with Gasteiger partial charge in [0.15, 0.2) is 5.69 Å². The van der Waals surface area contributed by atoms with Gasteiger partial charge in [0.2, 0.25) is 11.8 Å². The maximum absolute atomic E-state index is 13.4. The first kappa shape index (κ1) is 31.2. The number of rotatable bonds is 3. The van der Waals surface area contributed by atoms with Crippen LogP contribution in [0.4, 0.5) is 0 Å². The van der Waals surface area contributed by atoms with Crippen molar-refractivity contribution in [1.82, 2.24) is 25.6 Å². The van der Waals surface area contributed by atoms with Crippen LogP contribution in [0.3, 0.4) is 0 Å². The number of carbonyl (C=O) groups is 4. The Morgan fingerprint density at radius 1 is 1.17 bits per heavy atom. The lowest BCUT2D eigenvalue weighted by Gasteiger charge is -2.28. The number of esters is 1. The second kappa shape index (κ2) is 14.9. The largest absolute Gasteiger partial charge is 0.460 e. The van der Waals surface area contributed by atoms with Crippen molar-refractivity contribution >= 4 is 23.6 Å². The molecule has 3 rings (SSSR count). The Kier molecular flexibility index (Phi) is 11.3. The van der Waals surface area contributed by atoms with E-state index < -0.39 is 30.1 Å². The van der Waals surface area contributed by atoms with Gasteiger partial charge in [0.1, 0.15) is 24.2 Å². The van der Waals surface area contributed by atoms with Gasteiger partial charge in [-0.15, -0.1) is 0 Å². The number of aromatic nitrogens is 3. The van der Waals surface area contributed by atoms with Crippen LogP contribution in [0.25, 0.3) is 0 Å². The summed E-state index contributed by atoms with van der Waals surface area (Å²) in [4.78, 5) is 62.1. The van der Waals surface area contributed by atoms with Gasteiger partial charge < -0.3 is 29.9 Å². The fourth-order valence-electron chi connectivity index (χ4n) is 4.31. The van der Waals surface area contributed by atoms with Crippen molar-refractivity contribution in [3.8, 4) is 0 Å². The fourth-order valence-corrected chi connectivity index (χ4v) is 4.31. The number of hydrogen-bond donors (Lipinski definition) is 4. The zero-order valence-electron chi connectivity index (χ0n) is 23.6. The van der Waals surface area contributed by atoms with Gasteiger partial charge in [-0.25, -0.2) is 14.8 Å². The van der Waals surface area contributed by atoms with E-state index in [0.717, 1.165) is 6.26 Å². The van der Waals surface area contributed by atoms with Crippen LogP contribution in [0.5, 0.6) is 0 Å². The molecule has 1 aliphatic heterocycles. The highest BCUT2D eigenvalue weighted by Crippen LogP contribution is 2.20. The Bertz CT molecular complexity index is 1290. The molecule has 0 radical (unpaired) electrons. The molecule has 3 heterocycles. The van der Waals surface area contributed by atoms with Gasteiger partial charge in [0.05, 0.1) is 18.9 Å². The first-order chi connectivity index (χ1) is 19.5. The van der Waals surface area contributed by atoms with Gasteiger partial charge in [0, 0.05) is 37.2 Å². The van der Waals surface area contributed by atoms with E-state index in [9.17, 15) is 24.3 Å². The van der Waals surface area contributed by atoms with Crippen LogP contribution < -0.4 is 10.6 Å². The summed E-state index contributed by atoms with van der Waals surface area (Å²) in [7, 11) is 0. The highest BCUT2D eigenvalue weighted by Gasteiger charge is 2.30. The monoisotopic (exact) mass is 567 g/mol. The molecule has 12 nitrogen and oxygen atoms in total. The van der Waals surface area contributed by atoms with Crippen LogP contribution in [0.2, 0.25) is 0 Å². The number of aliphatic hydroxyl groups is 1. The molecule has 0 fully saturated rings. The molecule has 1 aliphatic rings. The number of nitrogens with one attached hydrogen (secondary N) is 3. The normalized spacial score (nSPS) is 26.8. The highest BCUT2D eigenvalue weighted by atomic mass is 16.5. The summed E-state index contributed by atoms with van der Waals surface area (Å²) < 4.78 is 11.2. The van der Waals surface area contributed by atoms with Crippen molar-refractivity contribution in [2.24, 2.45) is 11.8 Å². The number of Topliss-reactive ketones (excluding diaryl/α,β-unsaturated/α-hetero) is 1. The molecule has 0 saturated carbocycles. The lowest BCUT2D eigenvalue weighted by Crippen LogP contribution is -2.46. The maximum atomic E-state index is 13.4. The number of aliphatic hydroxyl groups excluding tert-OH is 1. The number of cyclic esters (lactones) is 1. The molecule has 220 valence electrons. The van der Waals surface area contributed by atoms with Crippen LogP contribution in [0.15, 0.2) is 59.2 Å². The van der Waals surface area contributed by atoms with Crippen LogP contribution in [0, 0.1) is 11.8 Å². The summed E-state index contributed by atoms with van der Waals surface area (Å²) in [6, 6.07) is -1.09. The molecule has 2 aromatic rings. The van der Waals surface area contributed by atoms with Crippen molar-refractivity contribution < 1.29 is 33.4 Å². The second-order valence-corrected chi connectivity index (χ2v) is 10.3. The Morgan fingerprint density at radius 3 is 2.66 bits per heavy atom. The van der Waals surface area contributed by atoms with E-state index in [2.05, 4.69) is 25.6 Å². The molecule has 2 bridgehead atoms. The van der Waals surface area contributed by atoms with E-state index in [0.29, 0.717) is 11.3 Å². The first-order valence-corrected chi connectivity index (χ1v) is 13.5. The van der Waals surface area contributed by atoms with Gasteiger partial charge >= 0.3 is 5.97 Å². The predicted octanol–water partition coefficient (Wildman–Crippen LogP) is 1.99. The first-order valence-electron chi connectivity index (χ1n) is 13.5. The van der Waals surface area contributed by atoms with E-state index in [1.807, 2.05) is 20.8 Å². The number of hydrogen-bond acceptors (Lipinski definition) is 9. The predicted molar refractivity (Wildman–Crippen MR) is 148 cm³/mol. The Morgan fingerprint density at radius 2 is 1.95 bits per heavy atom. The molecule has 2 aromatic heterocycles. The topological polar surface area (TPSA) is 177 Å². The molecule has 0 aliphatic carbocycles. The minimum absolute atomic E-state index is 0.00950. The van der Waals surface area contributed by atoms with Gasteiger partial charge in [-0.2, -0.15) is 0 Å².